The van der Waals surface area contributed by atoms with Crippen molar-refractivity contribution in [2.45, 2.75) is 38.8 Å². The van der Waals surface area contributed by atoms with Crippen LogP contribution in [0.2, 0.25) is 0 Å². The predicted molar refractivity (Wildman–Crippen MR) is 159 cm³/mol. The van der Waals surface area contributed by atoms with E-state index in [9.17, 15) is 10.2 Å². The monoisotopic (exact) mass is 537 g/mol. The minimum Gasteiger partial charge on any atom is -0.504 e. The molecule has 0 spiro atoms. The molecule has 0 saturated carbocycles. The van der Waals surface area contributed by atoms with E-state index in [0.29, 0.717) is 23.7 Å². The SMILES string of the molecule is COc1c(O)ccc2c1-c1ccc3c(c1C(=Cc1sccc1C(O)Cc1ccccc1)O2)C(C)=CC(C)(C)N3. The highest BCUT2D eigenvalue weighted by molar-refractivity contribution is 7.11. The van der Waals surface area contributed by atoms with Gasteiger partial charge in [0, 0.05) is 33.7 Å². The Bertz CT molecular complexity index is 1630. The number of benzene rings is 3. The molecule has 0 bridgehead atoms. The third-order valence-electron chi connectivity index (χ3n) is 7.29. The maximum absolute atomic E-state index is 11.2. The number of ether oxygens (including phenoxy) is 2. The molecule has 1 unspecified atom stereocenters. The fourth-order valence-electron chi connectivity index (χ4n) is 5.74. The molecular formula is C33H31NO4S. The summed E-state index contributed by atoms with van der Waals surface area (Å²) in [6.45, 7) is 6.41. The Morgan fingerprint density at radius 3 is 2.59 bits per heavy atom. The number of phenols is 1. The minimum atomic E-state index is -0.647. The molecule has 39 heavy (non-hydrogen) atoms. The van der Waals surface area contributed by atoms with Gasteiger partial charge in [-0.15, -0.1) is 11.3 Å². The van der Waals surface area contributed by atoms with Crippen LogP contribution in [0.15, 0.2) is 72.1 Å². The Morgan fingerprint density at radius 1 is 1.03 bits per heavy atom. The summed E-state index contributed by atoms with van der Waals surface area (Å²) in [4.78, 5) is 0.942. The maximum atomic E-state index is 11.2. The lowest BCUT2D eigenvalue weighted by Crippen LogP contribution is -2.32. The number of hydrogen-bond donors (Lipinski definition) is 3. The van der Waals surface area contributed by atoms with Gasteiger partial charge in [-0.05, 0) is 73.2 Å². The van der Waals surface area contributed by atoms with Gasteiger partial charge in [-0.3, -0.25) is 0 Å². The summed E-state index contributed by atoms with van der Waals surface area (Å²) in [5, 5.41) is 27.4. The van der Waals surface area contributed by atoms with Gasteiger partial charge in [-0.1, -0.05) is 42.5 Å². The van der Waals surface area contributed by atoms with E-state index in [1.807, 2.05) is 47.9 Å². The molecule has 6 heteroatoms. The lowest BCUT2D eigenvalue weighted by molar-refractivity contribution is 0.179. The largest absolute Gasteiger partial charge is 0.504 e. The summed E-state index contributed by atoms with van der Waals surface area (Å²) in [5.41, 5.74) is 7.54. The van der Waals surface area contributed by atoms with Crippen LogP contribution >= 0.6 is 11.3 Å². The average Bonchev–Trinajstić information content (AvgIpc) is 3.36. The van der Waals surface area contributed by atoms with Gasteiger partial charge in [-0.25, -0.2) is 0 Å². The Morgan fingerprint density at radius 2 is 1.82 bits per heavy atom. The molecule has 0 amide bonds. The topological polar surface area (TPSA) is 71.0 Å². The first-order chi connectivity index (χ1) is 18.8. The van der Waals surface area contributed by atoms with Crippen molar-refractivity contribution in [2.75, 3.05) is 12.4 Å². The molecule has 1 aromatic heterocycles. The summed E-state index contributed by atoms with van der Waals surface area (Å²) in [6.07, 6.45) is 4.14. The first-order valence-corrected chi connectivity index (χ1v) is 13.9. The number of rotatable bonds is 5. The van der Waals surface area contributed by atoms with Gasteiger partial charge in [0.2, 0.25) is 0 Å². The van der Waals surface area contributed by atoms with Crippen molar-refractivity contribution in [2.24, 2.45) is 0 Å². The third kappa shape index (κ3) is 4.50. The van der Waals surface area contributed by atoms with Gasteiger partial charge in [0.1, 0.15) is 11.5 Å². The second-order valence-corrected chi connectivity index (χ2v) is 11.6. The quantitative estimate of drug-likeness (QED) is 0.241. The lowest BCUT2D eigenvalue weighted by atomic mass is 9.83. The van der Waals surface area contributed by atoms with Gasteiger partial charge < -0.3 is 25.0 Å². The number of nitrogens with one attached hydrogen (secondary N) is 1. The fraction of sp³-hybridized carbons (Fsp3) is 0.212. The summed E-state index contributed by atoms with van der Waals surface area (Å²) < 4.78 is 12.2. The molecule has 5 nitrogen and oxygen atoms in total. The van der Waals surface area contributed by atoms with Gasteiger partial charge in [0.15, 0.2) is 11.5 Å². The number of thiophene rings is 1. The molecule has 3 aromatic carbocycles. The maximum Gasteiger partial charge on any atom is 0.172 e. The van der Waals surface area contributed by atoms with Crippen molar-refractivity contribution in [3.05, 3.63) is 99.3 Å². The normalized spacial score (nSPS) is 16.7. The van der Waals surface area contributed by atoms with E-state index in [1.165, 1.54) is 0 Å². The van der Waals surface area contributed by atoms with E-state index in [-0.39, 0.29) is 11.3 Å². The van der Waals surface area contributed by atoms with Crippen molar-refractivity contribution in [1.29, 1.82) is 0 Å². The number of anilines is 1. The molecule has 4 aromatic rings. The van der Waals surface area contributed by atoms with E-state index < -0.39 is 6.10 Å². The zero-order chi connectivity index (χ0) is 27.3. The number of aromatic hydroxyl groups is 1. The summed E-state index contributed by atoms with van der Waals surface area (Å²) in [5.74, 6) is 1.74. The van der Waals surface area contributed by atoms with Crippen molar-refractivity contribution >= 4 is 34.4 Å². The fourth-order valence-corrected chi connectivity index (χ4v) is 6.62. The number of phenolic OH excluding ortho intramolecular Hbond substituents is 1. The number of methoxy groups -OCH3 is 1. The second kappa shape index (κ2) is 9.63. The molecule has 0 saturated heterocycles. The predicted octanol–water partition coefficient (Wildman–Crippen LogP) is 7.90. The summed E-state index contributed by atoms with van der Waals surface area (Å²) in [7, 11) is 1.56. The van der Waals surface area contributed by atoms with Crippen LogP contribution in [-0.4, -0.2) is 22.9 Å². The minimum absolute atomic E-state index is 0.0621. The number of hydrogen-bond acceptors (Lipinski definition) is 6. The zero-order valence-corrected chi connectivity index (χ0v) is 23.2. The molecular weight excluding hydrogens is 506 g/mol. The van der Waals surface area contributed by atoms with Crippen LogP contribution in [-0.2, 0) is 6.42 Å². The van der Waals surface area contributed by atoms with Gasteiger partial charge in [-0.2, -0.15) is 0 Å². The van der Waals surface area contributed by atoms with Crippen LogP contribution in [0.3, 0.4) is 0 Å². The smallest absolute Gasteiger partial charge is 0.172 e. The Kier molecular flexibility index (Phi) is 6.25. The summed E-state index contributed by atoms with van der Waals surface area (Å²) in [6, 6.07) is 19.5. The molecule has 2 aliphatic heterocycles. The zero-order valence-electron chi connectivity index (χ0n) is 22.4. The van der Waals surface area contributed by atoms with Crippen LogP contribution < -0.4 is 14.8 Å². The van der Waals surface area contributed by atoms with Crippen molar-refractivity contribution in [3.8, 4) is 28.4 Å². The van der Waals surface area contributed by atoms with E-state index >= 15 is 0 Å². The molecule has 0 fully saturated rings. The van der Waals surface area contributed by atoms with Crippen molar-refractivity contribution in [3.63, 3.8) is 0 Å². The Hall–Kier alpha value is -4.00. The molecule has 3 heterocycles. The van der Waals surface area contributed by atoms with Crippen molar-refractivity contribution in [1.82, 2.24) is 0 Å². The van der Waals surface area contributed by atoms with Crippen LogP contribution in [0, 0.1) is 0 Å². The van der Waals surface area contributed by atoms with Crippen LogP contribution in [0.4, 0.5) is 5.69 Å². The highest BCUT2D eigenvalue weighted by atomic mass is 32.1. The van der Waals surface area contributed by atoms with E-state index in [4.69, 9.17) is 9.47 Å². The standard InChI is InChI=1S/C33H31NO4S/c1-19-18-33(2,3)34-23-11-10-22-30(29(19)23)27(38-26-13-12-24(35)32(37-4)31(22)26)17-28-21(14-15-39-28)25(36)16-20-8-6-5-7-9-20/h5-15,17-18,25,34-36H,16H2,1-4H3. The molecule has 0 radical (unpaired) electrons. The number of aliphatic hydroxyl groups excluding tert-OH is 1. The highest BCUT2D eigenvalue weighted by Crippen LogP contribution is 2.54. The molecule has 198 valence electrons. The first kappa shape index (κ1) is 25.3. The number of fused-ring (bicyclic) bond motifs is 5. The second-order valence-electron chi connectivity index (χ2n) is 10.6. The highest BCUT2D eigenvalue weighted by Gasteiger charge is 2.33. The Balaban J connectivity index is 1.53. The lowest BCUT2D eigenvalue weighted by Gasteiger charge is -2.35. The van der Waals surface area contributed by atoms with E-state index in [2.05, 4.69) is 44.3 Å². The van der Waals surface area contributed by atoms with Crippen LogP contribution in [0.1, 0.15) is 54.0 Å². The van der Waals surface area contributed by atoms with E-state index in [1.54, 1.807) is 30.6 Å². The van der Waals surface area contributed by atoms with E-state index in [0.717, 1.165) is 49.5 Å². The van der Waals surface area contributed by atoms with Gasteiger partial charge in [0.05, 0.1) is 24.3 Å². The Labute approximate surface area is 232 Å². The number of allylic oxidation sites excluding steroid dienone is 1. The van der Waals surface area contributed by atoms with Gasteiger partial charge >= 0.3 is 0 Å². The summed E-state index contributed by atoms with van der Waals surface area (Å²) >= 11 is 1.57. The molecule has 2 aliphatic rings. The molecule has 0 aliphatic carbocycles. The average molecular weight is 538 g/mol. The van der Waals surface area contributed by atoms with Crippen LogP contribution in [0.25, 0.3) is 28.5 Å². The molecule has 1 atom stereocenters. The first-order valence-electron chi connectivity index (χ1n) is 13.0. The third-order valence-corrected chi connectivity index (χ3v) is 8.17. The molecule has 3 N–H and O–H groups in total. The van der Waals surface area contributed by atoms with Crippen molar-refractivity contribution < 1.29 is 19.7 Å². The number of aliphatic hydroxyl groups is 1. The van der Waals surface area contributed by atoms with Gasteiger partial charge in [0.25, 0.3) is 0 Å². The molecule has 6 rings (SSSR count). The van der Waals surface area contributed by atoms with Crippen LogP contribution in [0.5, 0.6) is 17.2 Å².